The average molecular weight is 391 g/mol. The molecule has 0 radical (unpaired) electrons. The lowest BCUT2D eigenvalue weighted by Gasteiger charge is -2.10. The van der Waals surface area contributed by atoms with Gasteiger partial charge in [0.1, 0.15) is 5.82 Å². The van der Waals surface area contributed by atoms with Gasteiger partial charge in [0.25, 0.3) is 0 Å². The van der Waals surface area contributed by atoms with E-state index in [-0.39, 0.29) is 29.8 Å². The third-order valence-corrected chi connectivity index (χ3v) is 3.36. The van der Waals surface area contributed by atoms with E-state index in [1.54, 1.807) is 0 Å². The lowest BCUT2D eigenvalue weighted by Crippen LogP contribution is -2.39. The Balaban J connectivity index is 0.00000200. The fourth-order valence-electron chi connectivity index (χ4n) is 1.97. The van der Waals surface area contributed by atoms with E-state index >= 15 is 0 Å². The van der Waals surface area contributed by atoms with E-state index in [2.05, 4.69) is 29.5 Å². The molecule has 0 aromatic heterocycles. The summed E-state index contributed by atoms with van der Waals surface area (Å²) in [6.07, 6.45) is 2.06. The number of hydrogen-bond acceptors (Lipinski definition) is 1. The maximum Gasteiger partial charge on any atom is 0.191 e. The van der Waals surface area contributed by atoms with Gasteiger partial charge in [0.15, 0.2) is 5.96 Å². The number of aliphatic imine (C=N–C) groups is 1. The fourth-order valence-corrected chi connectivity index (χ4v) is 1.97. The Morgan fingerprint density at radius 2 is 2.00 bits per heavy atom. The quantitative estimate of drug-likeness (QED) is 0.460. The summed E-state index contributed by atoms with van der Waals surface area (Å²) in [6, 6.07) is 7.19. The number of hydrogen-bond donors (Lipinski definition) is 2. The third kappa shape index (κ3) is 5.64. The molecule has 2 rings (SSSR count). The van der Waals surface area contributed by atoms with Crippen molar-refractivity contribution < 1.29 is 4.39 Å². The van der Waals surface area contributed by atoms with E-state index in [9.17, 15) is 4.39 Å². The summed E-state index contributed by atoms with van der Waals surface area (Å²) in [5.74, 6) is 1.45. The Hall–Kier alpha value is -0.850. The SMILES string of the molecule is CCNC(=NCCc1ccc(F)cc1)NC1CC1C.I. The van der Waals surface area contributed by atoms with Crippen LogP contribution in [0.5, 0.6) is 0 Å². The second-order valence-corrected chi connectivity index (χ2v) is 5.10. The van der Waals surface area contributed by atoms with Crippen molar-refractivity contribution in [2.75, 3.05) is 13.1 Å². The predicted molar refractivity (Wildman–Crippen MR) is 92.2 cm³/mol. The van der Waals surface area contributed by atoms with Crippen molar-refractivity contribution in [1.82, 2.24) is 10.6 Å². The molecule has 20 heavy (non-hydrogen) atoms. The van der Waals surface area contributed by atoms with E-state index in [1.165, 1.54) is 18.6 Å². The lowest BCUT2D eigenvalue weighted by molar-refractivity contribution is 0.627. The van der Waals surface area contributed by atoms with Crippen LogP contribution < -0.4 is 10.6 Å². The van der Waals surface area contributed by atoms with Gasteiger partial charge in [-0.05, 0) is 43.4 Å². The van der Waals surface area contributed by atoms with Gasteiger partial charge in [-0.25, -0.2) is 4.39 Å². The summed E-state index contributed by atoms with van der Waals surface area (Å²) >= 11 is 0. The van der Waals surface area contributed by atoms with E-state index in [0.29, 0.717) is 12.6 Å². The number of halogens is 2. The zero-order valence-corrected chi connectivity index (χ0v) is 14.4. The first-order chi connectivity index (χ1) is 9.19. The molecule has 1 aliphatic rings. The van der Waals surface area contributed by atoms with E-state index in [1.807, 2.05) is 12.1 Å². The average Bonchev–Trinajstić information content (AvgIpc) is 3.07. The van der Waals surface area contributed by atoms with E-state index < -0.39 is 0 Å². The highest BCUT2D eigenvalue weighted by Gasteiger charge is 2.33. The van der Waals surface area contributed by atoms with Gasteiger partial charge in [-0.2, -0.15) is 0 Å². The Morgan fingerprint density at radius 3 is 2.55 bits per heavy atom. The predicted octanol–water partition coefficient (Wildman–Crippen LogP) is 2.95. The van der Waals surface area contributed by atoms with Crippen molar-refractivity contribution in [3.63, 3.8) is 0 Å². The first kappa shape index (κ1) is 17.2. The maximum atomic E-state index is 12.8. The summed E-state index contributed by atoms with van der Waals surface area (Å²) in [4.78, 5) is 4.55. The summed E-state index contributed by atoms with van der Waals surface area (Å²) < 4.78 is 12.8. The molecule has 2 atom stereocenters. The smallest absolute Gasteiger partial charge is 0.191 e. The molecular formula is C15H23FIN3. The Kier molecular flexibility index (Phi) is 7.26. The first-order valence-electron chi connectivity index (χ1n) is 6.98. The van der Waals surface area contributed by atoms with Crippen molar-refractivity contribution in [2.24, 2.45) is 10.9 Å². The second-order valence-electron chi connectivity index (χ2n) is 5.10. The number of nitrogens with zero attached hydrogens (tertiary/aromatic N) is 1. The van der Waals surface area contributed by atoms with Crippen LogP contribution in [0.4, 0.5) is 4.39 Å². The normalized spacial score (nSPS) is 21.1. The molecule has 1 aromatic carbocycles. The largest absolute Gasteiger partial charge is 0.357 e. The molecule has 0 aliphatic heterocycles. The number of nitrogens with one attached hydrogen (secondary N) is 2. The van der Waals surface area contributed by atoms with Crippen LogP contribution >= 0.6 is 24.0 Å². The summed E-state index contributed by atoms with van der Waals surface area (Å²) in [6.45, 7) is 5.87. The second kappa shape index (κ2) is 8.44. The minimum Gasteiger partial charge on any atom is -0.357 e. The van der Waals surface area contributed by atoms with Crippen LogP contribution in [0.2, 0.25) is 0 Å². The van der Waals surface area contributed by atoms with Crippen molar-refractivity contribution >= 4 is 29.9 Å². The van der Waals surface area contributed by atoms with Gasteiger partial charge in [0.2, 0.25) is 0 Å². The standard InChI is InChI=1S/C15H22FN3.HI/c1-3-17-15(19-14-10-11(14)2)18-9-8-12-4-6-13(16)7-5-12;/h4-7,11,14H,3,8-10H2,1-2H3,(H2,17,18,19);1H. The molecule has 1 saturated carbocycles. The molecule has 3 nitrogen and oxygen atoms in total. The number of rotatable bonds is 5. The number of benzene rings is 1. The molecule has 1 aromatic rings. The minimum atomic E-state index is -0.190. The van der Waals surface area contributed by atoms with Gasteiger partial charge in [-0.15, -0.1) is 24.0 Å². The molecule has 5 heteroatoms. The Bertz CT molecular complexity index is 433. The molecule has 0 heterocycles. The molecule has 0 spiro atoms. The first-order valence-corrected chi connectivity index (χ1v) is 6.98. The van der Waals surface area contributed by atoms with E-state index in [4.69, 9.17) is 0 Å². The maximum absolute atomic E-state index is 12.8. The van der Waals surface area contributed by atoms with Crippen LogP contribution in [-0.2, 0) is 6.42 Å². The highest BCUT2D eigenvalue weighted by atomic mass is 127. The van der Waals surface area contributed by atoms with Crippen LogP contribution in [0.25, 0.3) is 0 Å². The van der Waals surface area contributed by atoms with Gasteiger partial charge >= 0.3 is 0 Å². The monoisotopic (exact) mass is 391 g/mol. The zero-order chi connectivity index (χ0) is 13.7. The highest BCUT2D eigenvalue weighted by Crippen LogP contribution is 2.28. The summed E-state index contributed by atoms with van der Waals surface area (Å²) in [7, 11) is 0. The topological polar surface area (TPSA) is 36.4 Å². The van der Waals surface area contributed by atoms with E-state index in [0.717, 1.165) is 30.4 Å². The van der Waals surface area contributed by atoms with Crippen molar-refractivity contribution in [1.29, 1.82) is 0 Å². The Labute approximate surface area is 137 Å². The molecule has 0 amide bonds. The third-order valence-electron chi connectivity index (χ3n) is 3.36. The molecule has 2 unspecified atom stereocenters. The molecule has 0 bridgehead atoms. The van der Waals surface area contributed by atoms with Crippen LogP contribution in [-0.4, -0.2) is 25.1 Å². The van der Waals surface area contributed by atoms with Crippen LogP contribution in [0.15, 0.2) is 29.3 Å². The number of guanidine groups is 1. The van der Waals surface area contributed by atoms with Crippen LogP contribution in [0.1, 0.15) is 25.8 Å². The molecule has 2 N–H and O–H groups in total. The highest BCUT2D eigenvalue weighted by molar-refractivity contribution is 14.0. The summed E-state index contributed by atoms with van der Waals surface area (Å²) in [5, 5.41) is 6.66. The molecule has 1 fully saturated rings. The van der Waals surface area contributed by atoms with Gasteiger partial charge in [0.05, 0.1) is 0 Å². The van der Waals surface area contributed by atoms with Gasteiger partial charge < -0.3 is 10.6 Å². The minimum absolute atomic E-state index is 0. The molecule has 112 valence electrons. The van der Waals surface area contributed by atoms with Crippen molar-refractivity contribution in [3.8, 4) is 0 Å². The zero-order valence-electron chi connectivity index (χ0n) is 12.0. The molecule has 1 aliphatic carbocycles. The van der Waals surface area contributed by atoms with Crippen molar-refractivity contribution in [3.05, 3.63) is 35.6 Å². The lowest BCUT2D eigenvalue weighted by atomic mass is 10.1. The summed E-state index contributed by atoms with van der Waals surface area (Å²) in [5.41, 5.74) is 1.11. The Morgan fingerprint density at radius 1 is 1.35 bits per heavy atom. The fraction of sp³-hybridized carbons (Fsp3) is 0.533. The van der Waals surface area contributed by atoms with Crippen molar-refractivity contribution in [2.45, 2.75) is 32.7 Å². The van der Waals surface area contributed by atoms with Gasteiger partial charge in [-0.3, -0.25) is 4.99 Å². The van der Waals surface area contributed by atoms with Crippen LogP contribution in [0, 0.1) is 11.7 Å². The van der Waals surface area contributed by atoms with Gasteiger partial charge in [0, 0.05) is 19.1 Å². The molecular weight excluding hydrogens is 368 g/mol. The van der Waals surface area contributed by atoms with Crippen LogP contribution in [0.3, 0.4) is 0 Å². The van der Waals surface area contributed by atoms with Gasteiger partial charge in [-0.1, -0.05) is 19.1 Å². The molecule has 0 saturated heterocycles.